The summed E-state index contributed by atoms with van der Waals surface area (Å²) in [5.74, 6) is 0.365. The second kappa shape index (κ2) is 10.3. The lowest BCUT2D eigenvalue weighted by Crippen LogP contribution is -2.06. The molecule has 0 spiro atoms. The molecule has 0 atom stereocenters. The van der Waals surface area contributed by atoms with Crippen molar-refractivity contribution in [2.24, 2.45) is 11.5 Å². The zero-order valence-corrected chi connectivity index (χ0v) is 12.6. The Morgan fingerprint density at radius 3 is 2.26 bits per heavy atom. The van der Waals surface area contributed by atoms with Crippen molar-refractivity contribution >= 4 is 11.6 Å². The van der Waals surface area contributed by atoms with E-state index < -0.39 is 0 Å². The predicted octanol–water partition coefficient (Wildman–Crippen LogP) is 3.59. The van der Waals surface area contributed by atoms with Crippen LogP contribution < -0.4 is 11.5 Å². The average Bonchev–Trinajstić information content (AvgIpc) is 2.41. The Labute approximate surface area is 120 Å². The summed E-state index contributed by atoms with van der Waals surface area (Å²) in [4.78, 5) is 0. The number of benzene rings is 1. The molecule has 0 saturated heterocycles. The van der Waals surface area contributed by atoms with Crippen LogP contribution in [0.25, 0.3) is 0 Å². The molecule has 0 bridgehead atoms. The lowest BCUT2D eigenvalue weighted by Gasteiger charge is -2.05. The van der Waals surface area contributed by atoms with Gasteiger partial charge in [0.2, 0.25) is 0 Å². The van der Waals surface area contributed by atoms with Crippen LogP contribution in [0.5, 0.6) is 0 Å². The number of hydrogen-bond acceptors (Lipinski definition) is 3. The van der Waals surface area contributed by atoms with Crippen LogP contribution in [0.3, 0.4) is 0 Å². The third-order valence-electron chi connectivity index (χ3n) is 2.08. The van der Waals surface area contributed by atoms with Crippen molar-refractivity contribution in [3.05, 3.63) is 58.6 Å². The minimum atomic E-state index is 0.365. The molecule has 0 saturated carbocycles. The summed E-state index contributed by atoms with van der Waals surface area (Å²) < 4.78 is 5.33. The molecule has 1 aromatic carbocycles. The molecule has 0 aliphatic rings. The summed E-state index contributed by atoms with van der Waals surface area (Å²) in [6.07, 6.45) is 4.14. The van der Waals surface area contributed by atoms with Crippen molar-refractivity contribution in [1.82, 2.24) is 0 Å². The molecular formula is C15H23ClN2O. The van der Waals surface area contributed by atoms with Crippen LogP contribution in [-0.2, 0) is 11.2 Å². The Morgan fingerprint density at radius 1 is 1.16 bits per heavy atom. The molecule has 0 heterocycles. The van der Waals surface area contributed by atoms with E-state index in [9.17, 15) is 0 Å². The number of rotatable bonds is 5. The maximum atomic E-state index is 5.79. The first kappa shape index (κ1) is 17.4. The topological polar surface area (TPSA) is 61.3 Å². The van der Waals surface area contributed by atoms with Gasteiger partial charge in [0, 0.05) is 17.1 Å². The molecule has 3 nitrogen and oxygen atoms in total. The molecule has 0 amide bonds. The monoisotopic (exact) mass is 282 g/mol. The fraction of sp³-hybridized carbons (Fsp3) is 0.333. The van der Waals surface area contributed by atoms with Gasteiger partial charge in [-0.2, -0.15) is 0 Å². The van der Waals surface area contributed by atoms with Gasteiger partial charge in [0.05, 0.1) is 6.61 Å². The number of allylic oxidation sites excluding steroid dienone is 3. The van der Waals surface area contributed by atoms with Gasteiger partial charge in [-0.1, -0.05) is 37.6 Å². The van der Waals surface area contributed by atoms with Gasteiger partial charge in [-0.3, -0.25) is 0 Å². The van der Waals surface area contributed by atoms with Crippen LogP contribution in [-0.4, -0.2) is 6.61 Å². The minimum Gasteiger partial charge on any atom is -0.479 e. The zero-order chi connectivity index (χ0) is 14.7. The second-order valence-electron chi connectivity index (χ2n) is 3.70. The molecule has 4 heteroatoms. The summed E-state index contributed by atoms with van der Waals surface area (Å²) >= 11 is 5.79. The molecular weight excluding hydrogens is 260 g/mol. The van der Waals surface area contributed by atoms with E-state index in [2.05, 4.69) is 0 Å². The summed E-state index contributed by atoms with van der Waals surface area (Å²) in [6, 6.07) is 7.65. The molecule has 4 N–H and O–H groups in total. The third kappa shape index (κ3) is 9.03. The van der Waals surface area contributed by atoms with E-state index in [1.165, 1.54) is 0 Å². The number of nitrogens with two attached hydrogens (primary N) is 2. The highest BCUT2D eigenvalue weighted by atomic mass is 35.5. The maximum absolute atomic E-state index is 5.79. The molecule has 106 valence electrons. The second-order valence-corrected chi connectivity index (χ2v) is 4.14. The van der Waals surface area contributed by atoms with Crippen LogP contribution in [0.4, 0.5) is 0 Å². The van der Waals surface area contributed by atoms with E-state index in [4.69, 9.17) is 27.8 Å². The first-order chi connectivity index (χ1) is 9.08. The van der Waals surface area contributed by atoms with E-state index in [1.54, 1.807) is 19.1 Å². The molecule has 0 aliphatic heterocycles. The summed E-state index contributed by atoms with van der Waals surface area (Å²) in [5, 5.41) is 0.734. The lowest BCUT2D eigenvalue weighted by molar-refractivity contribution is 0.213. The summed E-state index contributed by atoms with van der Waals surface area (Å²) in [7, 11) is 0. The van der Waals surface area contributed by atoms with Gasteiger partial charge in [0.15, 0.2) is 5.88 Å². The standard InChI is InChI=1S/C13H17ClN2O.C2H6/c1-10(15)2-7-13(16)17-9-8-11-3-5-12(14)6-4-11;1-2/h2-7H,8-9,15-16H2,1H3;1-2H3/b10-2-,13-7+;. The van der Waals surface area contributed by atoms with Gasteiger partial charge < -0.3 is 16.2 Å². The Balaban J connectivity index is 0.00000154. The normalized spacial score (nSPS) is 11.6. The molecule has 1 aromatic rings. The van der Waals surface area contributed by atoms with Gasteiger partial charge in [-0.05, 0) is 36.8 Å². The number of ether oxygens (including phenoxy) is 1. The maximum Gasteiger partial charge on any atom is 0.183 e. The van der Waals surface area contributed by atoms with Gasteiger partial charge in [-0.25, -0.2) is 0 Å². The van der Waals surface area contributed by atoms with E-state index in [-0.39, 0.29) is 0 Å². The van der Waals surface area contributed by atoms with Crippen molar-refractivity contribution in [3.8, 4) is 0 Å². The minimum absolute atomic E-state index is 0.365. The lowest BCUT2D eigenvalue weighted by atomic mass is 10.2. The van der Waals surface area contributed by atoms with Crippen LogP contribution >= 0.6 is 11.6 Å². The SMILES string of the molecule is C/C(N)=C/C=C(\N)OCCc1ccc(Cl)cc1.CC. The molecule has 0 unspecified atom stereocenters. The fourth-order valence-corrected chi connectivity index (χ4v) is 1.33. The van der Waals surface area contributed by atoms with E-state index >= 15 is 0 Å². The molecule has 19 heavy (non-hydrogen) atoms. The number of halogens is 1. The zero-order valence-electron chi connectivity index (χ0n) is 11.8. The highest BCUT2D eigenvalue weighted by Crippen LogP contribution is 2.10. The molecule has 1 rings (SSSR count). The Bertz CT molecular complexity index is 407. The van der Waals surface area contributed by atoms with Crippen molar-refractivity contribution in [2.75, 3.05) is 6.61 Å². The fourth-order valence-electron chi connectivity index (χ4n) is 1.20. The van der Waals surface area contributed by atoms with Crippen molar-refractivity contribution in [1.29, 1.82) is 0 Å². The van der Waals surface area contributed by atoms with E-state index in [0.717, 1.165) is 17.0 Å². The van der Waals surface area contributed by atoms with Crippen molar-refractivity contribution < 1.29 is 4.74 Å². The molecule has 0 aliphatic carbocycles. The highest BCUT2D eigenvalue weighted by molar-refractivity contribution is 6.30. The quantitative estimate of drug-likeness (QED) is 0.641. The first-order valence-electron chi connectivity index (χ1n) is 6.34. The van der Waals surface area contributed by atoms with Crippen molar-refractivity contribution in [2.45, 2.75) is 27.2 Å². The average molecular weight is 283 g/mol. The van der Waals surface area contributed by atoms with Crippen molar-refractivity contribution in [3.63, 3.8) is 0 Å². The van der Waals surface area contributed by atoms with Crippen LogP contribution in [0.15, 0.2) is 48.0 Å². The highest BCUT2D eigenvalue weighted by Gasteiger charge is 1.95. The Kier molecular flexibility index (Phi) is 9.45. The summed E-state index contributed by atoms with van der Waals surface area (Å²) in [6.45, 7) is 6.32. The Morgan fingerprint density at radius 2 is 1.74 bits per heavy atom. The molecule has 0 aromatic heterocycles. The molecule has 0 fully saturated rings. The van der Waals surface area contributed by atoms with Gasteiger partial charge in [-0.15, -0.1) is 0 Å². The smallest absolute Gasteiger partial charge is 0.183 e. The van der Waals surface area contributed by atoms with Gasteiger partial charge >= 0.3 is 0 Å². The predicted molar refractivity (Wildman–Crippen MR) is 82.7 cm³/mol. The van der Waals surface area contributed by atoms with E-state index in [0.29, 0.717) is 18.2 Å². The first-order valence-corrected chi connectivity index (χ1v) is 6.72. The van der Waals surface area contributed by atoms with Crippen LogP contribution in [0.1, 0.15) is 26.3 Å². The third-order valence-corrected chi connectivity index (χ3v) is 2.34. The van der Waals surface area contributed by atoms with Crippen LogP contribution in [0, 0.1) is 0 Å². The molecule has 0 radical (unpaired) electrons. The van der Waals surface area contributed by atoms with Crippen LogP contribution in [0.2, 0.25) is 5.02 Å². The van der Waals surface area contributed by atoms with Gasteiger partial charge in [0.25, 0.3) is 0 Å². The number of hydrogen-bond donors (Lipinski definition) is 2. The van der Waals surface area contributed by atoms with Gasteiger partial charge in [0.1, 0.15) is 0 Å². The summed E-state index contributed by atoms with van der Waals surface area (Å²) in [5.41, 5.74) is 12.9. The largest absolute Gasteiger partial charge is 0.479 e. The van der Waals surface area contributed by atoms with E-state index in [1.807, 2.05) is 38.1 Å². The Hall–Kier alpha value is -1.61.